The second kappa shape index (κ2) is 5.87. The summed E-state index contributed by atoms with van der Waals surface area (Å²) < 4.78 is 0.765. The van der Waals surface area contributed by atoms with Crippen LogP contribution in [0.5, 0.6) is 0 Å². The van der Waals surface area contributed by atoms with Gasteiger partial charge in [-0.05, 0) is 43.0 Å². The number of rotatable bonds is 4. The van der Waals surface area contributed by atoms with Gasteiger partial charge in [-0.2, -0.15) is 0 Å². The number of carbonyl (C=O) groups is 1. The fourth-order valence-electron chi connectivity index (χ4n) is 1.69. The fourth-order valence-corrected chi connectivity index (χ4v) is 3.68. The van der Waals surface area contributed by atoms with Crippen molar-refractivity contribution in [3.63, 3.8) is 0 Å². The van der Waals surface area contributed by atoms with E-state index in [0.717, 1.165) is 19.7 Å². The molecule has 0 bridgehead atoms. The van der Waals surface area contributed by atoms with E-state index in [1.54, 1.807) is 0 Å². The van der Waals surface area contributed by atoms with E-state index < -0.39 is 0 Å². The maximum absolute atomic E-state index is 12.4. The number of aryl methyl sites for hydroxylation is 1. The Morgan fingerprint density at radius 2 is 2.17 bits per heavy atom. The van der Waals surface area contributed by atoms with Crippen molar-refractivity contribution in [2.45, 2.75) is 20.4 Å². The Bertz CT molecular complexity index is 547. The molecule has 2 nitrogen and oxygen atoms in total. The SMILES string of the molecule is CCN(Cc1ccc(Cl)s1)C(=O)c1sccc1C. The zero-order valence-electron chi connectivity index (χ0n) is 10.3. The Balaban J connectivity index is 2.14. The molecule has 1 amide bonds. The number of hydrogen-bond acceptors (Lipinski definition) is 3. The summed E-state index contributed by atoms with van der Waals surface area (Å²) in [6.07, 6.45) is 0. The van der Waals surface area contributed by atoms with E-state index in [1.807, 2.05) is 42.3 Å². The largest absolute Gasteiger partial charge is 0.333 e. The molecule has 5 heteroatoms. The zero-order chi connectivity index (χ0) is 13.1. The smallest absolute Gasteiger partial charge is 0.264 e. The first-order valence-electron chi connectivity index (χ1n) is 5.69. The molecule has 0 fully saturated rings. The van der Waals surface area contributed by atoms with Gasteiger partial charge in [0.15, 0.2) is 0 Å². The monoisotopic (exact) mass is 299 g/mol. The molecule has 2 aromatic rings. The second-order valence-electron chi connectivity index (χ2n) is 3.96. The lowest BCUT2D eigenvalue weighted by atomic mass is 10.2. The minimum atomic E-state index is 0.106. The summed E-state index contributed by atoms with van der Waals surface area (Å²) in [7, 11) is 0. The molecule has 0 aliphatic carbocycles. The van der Waals surface area contributed by atoms with Crippen molar-refractivity contribution < 1.29 is 4.79 Å². The predicted molar refractivity (Wildman–Crippen MR) is 78.8 cm³/mol. The van der Waals surface area contributed by atoms with Gasteiger partial charge in [-0.1, -0.05) is 11.6 Å². The van der Waals surface area contributed by atoms with Crippen LogP contribution in [-0.4, -0.2) is 17.4 Å². The molecule has 0 aliphatic rings. The molecule has 0 atom stereocenters. The summed E-state index contributed by atoms with van der Waals surface area (Å²) in [4.78, 5) is 16.2. The van der Waals surface area contributed by atoms with Gasteiger partial charge in [0.25, 0.3) is 5.91 Å². The molecule has 0 N–H and O–H groups in total. The highest BCUT2D eigenvalue weighted by Gasteiger charge is 2.18. The maximum Gasteiger partial charge on any atom is 0.264 e. The molecule has 96 valence electrons. The minimum absolute atomic E-state index is 0.106. The third-order valence-electron chi connectivity index (χ3n) is 2.70. The van der Waals surface area contributed by atoms with E-state index >= 15 is 0 Å². The molecular weight excluding hydrogens is 286 g/mol. The lowest BCUT2D eigenvalue weighted by Gasteiger charge is -2.19. The van der Waals surface area contributed by atoms with Crippen LogP contribution in [0.3, 0.4) is 0 Å². The Kier molecular flexibility index (Phi) is 4.43. The summed E-state index contributed by atoms with van der Waals surface area (Å²) in [5.41, 5.74) is 1.05. The van der Waals surface area contributed by atoms with E-state index in [0.29, 0.717) is 13.1 Å². The molecule has 2 rings (SSSR count). The lowest BCUT2D eigenvalue weighted by Crippen LogP contribution is -2.29. The van der Waals surface area contributed by atoms with E-state index in [4.69, 9.17) is 11.6 Å². The van der Waals surface area contributed by atoms with Crippen LogP contribution in [0.15, 0.2) is 23.6 Å². The van der Waals surface area contributed by atoms with Crippen molar-refractivity contribution in [3.8, 4) is 0 Å². The molecular formula is C13H14ClNOS2. The first kappa shape index (κ1) is 13.6. The third-order valence-corrected chi connectivity index (χ3v) is 4.92. The highest BCUT2D eigenvalue weighted by molar-refractivity contribution is 7.16. The average Bonchev–Trinajstić information content (AvgIpc) is 2.94. The first-order chi connectivity index (χ1) is 8.61. The standard InChI is InChI=1S/C13H14ClNOS2/c1-3-15(8-10-4-5-11(14)18-10)13(16)12-9(2)6-7-17-12/h4-7H,3,8H2,1-2H3. The fraction of sp³-hybridized carbons (Fsp3) is 0.308. The van der Waals surface area contributed by atoms with Crippen LogP contribution in [0.25, 0.3) is 0 Å². The molecule has 0 spiro atoms. The summed E-state index contributed by atoms with van der Waals surface area (Å²) in [6, 6.07) is 5.83. The normalized spacial score (nSPS) is 10.6. The van der Waals surface area contributed by atoms with Gasteiger partial charge in [0.1, 0.15) is 0 Å². The highest BCUT2D eigenvalue weighted by Crippen LogP contribution is 2.24. The van der Waals surface area contributed by atoms with Crippen LogP contribution in [-0.2, 0) is 6.54 Å². The second-order valence-corrected chi connectivity index (χ2v) is 6.67. The Hall–Kier alpha value is -0.840. The Morgan fingerprint density at radius 1 is 1.39 bits per heavy atom. The van der Waals surface area contributed by atoms with Crippen LogP contribution >= 0.6 is 34.3 Å². The molecule has 0 radical (unpaired) electrons. The Morgan fingerprint density at radius 3 is 2.67 bits per heavy atom. The van der Waals surface area contributed by atoms with Crippen molar-refractivity contribution >= 4 is 40.2 Å². The third kappa shape index (κ3) is 2.94. The molecule has 0 saturated carbocycles. The highest BCUT2D eigenvalue weighted by atomic mass is 35.5. The molecule has 18 heavy (non-hydrogen) atoms. The number of halogens is 1. The topological polar surface area (TPSA) is 20.3 Å². The maximum atomic E-state index is 12.4. The van der Waals surface area contributed by atoms with Crippen molar-refractivity contribution in [2.75, 3.05) is 6.54 Å². The van der Waals surface area contributed by atoms with E-state index in [-0.39, 0.29) is 5.91 Å². The van der Waals surface area contributed by atoms with E-state index in [2.05, 4.69) is 0 Å². The summed E-state index contributed by atoms with van der Waals surface area (Å²) in [6.45, 7) is 5.30. The number of amides is 1. The van der Waals surface area contributed by atoms with E-state index in [1.165, 1.54) is 22.7 Å². The van der Waals surface area contributed by atoms with Gasteiger partial charge in [-0.3, -0.25) is 4.79 Å². The van der Waals surface area contributed by atoms with Gasteiger partial charge in [-0.15, -0.1) is 22.7 Å². The first-order valence-corrected chi connectivity index (χ1v) is 7.76. The predicted octanol–water partition coefficient (Wildman–Crippen LogP) is 4.43. The summed E-state index contributed by atoms with van der Waals surface area (Å²) in [5.74, 6) is 0.106. The quantitative estimate of drug-likeness (QED) is 0.817. The molecule has 0 aliphatic heterocycles. The van der Waals surface area contributed by atoms with Crippen molar-refractivity contribution in [1.29, 1.82) is 0 Å². The zero-order valence-corrected chi connectivity index (χ0v) is 12.7. The van der Waals surface area contributed by atoms with E-state index in [9.17, 15) is 4.79 Å². The van der Waals surface area contributed by atoms with Crippen molar-refractivity contribution in [1.82, 2.24) is 4.90 Å². The molecule has 2 heterocycles. The average molecular weight is 300 g/mol. The molecule has 0 aromatic carbocycles. The number of thiophene rings is 2. The van der Waals surface area contributed by atoms with Crippen molar-refractivity contribution in [3.05, 3.63) is 43.2 Å². The van der Waals surface area contributed by atoms with Crippen LogP contribution in [0.4, 0.5) is 0 Å². The van der Waals surface area contributed by atoms with Crippen LogP contribution in [0.1, 0.15) is 27.0 Å². The lowest BCUT2D eigenvalue weighted by molar-refractivity contribution is 0.0758. The number of nitrogens with zero attached hydrogens (tertiary/aromatic N) is 1. The van der Waals surface area contributed by atoms with Crippen molar-refractivity contribution in [2.24, 2.45) is 0 Å². The molecule has 0 unspecified atom stereocenters. The van der Waals surface area contributed by atoms with Gasteiger partial charge in [-0.25, -0.2) is 0 Å². The van der Waals surface area contributed by atoms with Gasteiger partial charge < -0.3 is 4.90 Å². The van der Waals surface area contributed by atoms with Gasteiger partial charge in [0.2, 0.25) is 0 Å². The number of carbonyl (C=O) groups excluding carboxylic acids is 1. The summed E-state index contributed by atoms with van der Waals surface area (Å²) in [5, 5.41) is 1.96. The minimum Gasteiger partial charge on any atom is -0.333 e. The number of hydrogen-bond donors (Lipinski definition) is 0. The van der Waals surface area contributed by atoms with Gasteiger partial charge in [0.05, 0.1) is 15.8 Å². The van der Waals surface area contributed by atoms with Gasteiger partial charge >= 0.3 is 0 Å². The van der Waals surface area contributed by atoms with Crippen LogP contribution in [0.2, 0.25) is 4.34 Å². The summed E-state index contributed by atoms with van der Waals surface area (Å²) >= 11 is 8.94. The molecule has 2 aromatic heterocycles. The van der Waals surface area contributed by atoms with Crippen LogP contribution < -0.4 is 0 Å². The Labute approximate surface area is 120 Å². The van der Waals surface area contributed by atoms with Gasteiger partial charge in [0, 0.05) is 11.4 Å². The molecule has 0 saturated heterocycles. The van der Waals surface area contributed by atoms with Crippen LogP contribution in [0, 0.1) is 6.92 Å².